The number of nitrogens with zero attached hydrogens (tertiary/aromatic N) is 4. The Morgan fingerprint density at radius 3 is 0.978 bits per heavy atom. The van der Waals surface area contributed by atoms with Crippen molar-refractivity contribution in [3.8, 4) is 67.3 Å². The Hall–Kier alpha value is -12.8. The van der Waals surface area contributed by atoms with Crippen LogP contribution < -0.4 is 0 Å². The summed E-state index contributed by atoms with van der Waals surface area (Å²) in [5.74, 6) is 1.30. The van der Waals surface area contributed by atoms with Gasteiger partial charge < -0.3 is 40.4 Å². The summed E-state index contributed by atoms with van der Waals surface area (Å²) in [6.07, 6.45) is 14.0. The minimum atomic E-state index is -0.274. The number of hydrogen-bond donors (Lipinski definition) is 4. The molecule has 0 bridgehead atoms. The van der Waals surface area contributed by atoms with E-state index in [0.717, 1.165) is 55.8 Å². The molecule has 4 heterocycles. The van der Waals surface area contributed by atoms with Gasteiger partial charge in [-0.25, -0.2) is 0 Å². The van der Waals surface area contributed by atoms with Gasteiger partial charge in [-0.3, -0.25) is 19.2 Å². The molecule has 12 nitrogen and oxygen atoms in total. The van der Waals surface area contributed by atoms with Crippen LogP contribution in [0.2, 0.25) is 0 Å². The van der Waals surface area contributed by atoms with E-state index in [1.165, 1.54) is 173 Å². The molecule has 18 aromatic rings. The Kier molecular flexibility index (Phi) is 42.2. The van der Waals surface area contributed by atoms with Gasteiger partial charge in [0.2, 0.25) is 0 Å². The van der Waals surface area contributed by atoms with Crippen molar-refractivity contribution in [2.24, 2.45) is 5.41 Å². The van der Waals surface area contributed by atoms with Crippen molar-refractivity contribution < 1.29 is 120 Å². The molecule has 0 amide bonds. The van der Waals surface area contributed by atoms with Gasteiger partial charge in [0.1, 0.15) is 5.76 Å². The van der Waals surface area contributed by atoms with E-state index >= 15 is 0 Å². The number of aliphatic hydroxyl groups excluding tert-OH is 4. The predicted octanol–water partition coefficient (Wildman–Crippen LogP) is 30.5. The number of carbonyl (C=O) groups excluding carboxylic acids is 4. The van der Waals surface area contributed by atoms with Gasteiger partial charge in [0.25, 0.3) is 0 Å². The van der Waals surface area contributed by atoms with Crippen LogP contribution in [0.5, 0.6) is 0 Å². The molecule has 18 rings (SSSR count). The Morgan fingerprint density at radius 2 is 0.652 bits per heavy atom. The predicted molar refractivity (Wildman–Crippen MR) is 552 cm³/mol. The number of aliphatic hydroxyl groups is 4. The van der Waals surface area contributed by atoms with Crippen LogP contribution in [0, 0.1) is 43.5 Å². The van der Waals surface area contributed by atoms with E-state index in [9.17, 15) is 4.79 Å². The maximum absolute atomic E-state index is 9.24. The quantitative estimate of drug-likeness (QED) is 0.0302. The van der Waals surface area contributed by atoms with Crippen LogP contribution in [0.1, 0.15) is 120 Å². The van der Waals surface area contributed by atoms with Crippen LogP contribution in [0.4, 0.5) is 0 Å². The number of allylic oxidation sites excluding steroid dienone is 8. The molecule has 0 spiro atoms. The van der Waals surface area contributed by atoms with Crippen LogP contribution in [0.25, 0.3) is 153 Å². The number of pyridine rings is 4. The maximum Gasteiger partial charge on any atom is 0.324 e. The minimum absolute atomic E-state index is 0. The third-order valence-electron chi connectivity index (χ3n) is 21.4. The standard InChI is InChI=1S/C26H18N.C25H16N.C23H20N.C20H14N.C8H14O2.C7H12O2.2C5H8O2.4Ir/c1-18-7-13-23-22(17-18)12-14-25-24(23)15-16-27-26(25)21-10-8-20(9-11-21)19-5-3-2-4-6-19;1-2-6-18(7-3-1)19-10-12-21(13-11-19)25-24-15-14-20-8-4-5-9-22(20)23(24)16-17-26-25;1-23(2,3)18-9-6-8-17(15-18)22-21-12-11-16-7-4-5-10-19(16)20(21)13-14-24-22;1-14-5-4-7-16(13-14)20-19-10-9-15-6-2-3-8-17(15)18(19)11-12-21-20;1-6(9)5-7(10)8(2,3)4;1-3-6(8)5-7(9)4-2;2*1-4(6)3-5(2)7;;;;/h2-10,12-17H,1H3;1-12,14-17H;4-7,9-15H,1-3H3;2-6,8-13H,1H3;5,9H,1-4H3;5,8H,3-4H2,1-2H3;2*3,6H,1-2H3;;;;/q4*-1;;;;;;;;/p+4. The van der Waals surface area contributed by atoms with E-state index in [4.69, 9.17) is 34.8 Å². The fourth-order valence-electron chi connectivity index (χ4n) is 14.8. The number of hydrogen-bond acceptors (Lipinski definition) is 8. The molecule has 0 aliphatic heterocycles. The molecule has 4 aromatic heterocycles. The van der Waals surface area contributed by atoms with Gasteiger partial charge in [0.05, 0.1) is 67.3 Å². The number of fused-ring (bicyclic) bond motifs is 12. The van der Waals surface area contributed by atoms with E-state index in [-0.39, 0.29) is 137 Å². The average molecular weight is 2500 g/mol. The SMILES string of the molecule is CC(=[OH+])C=C(C)O.CC(=[OH+])C=C(C)O.CC(C)(C)c1cc[c-]c(-c2nccc3c2ccc2ccccc23)c1.CC(O)=CC(=[OH+])C(C)(C)C.CCC(=[OH+])C=C(O)CC.Cc1cc[c-]c(-c2nccc3c2ccc2ccccc23)c1.Cc1ccc2c(ccc3c(-c4[c-]cc(-c5ccccc5)cc4)nccc32)c1.[Ir].[Ir].[Ir].[Ir].[c-]1cc(-c2ccccc2)ccc1-c1nccc2c1ccc1ccccc12. The molecule has 694 valence electrons. The van der Waals surface area contributed by atoms with Crippen LogP contribution >= 0.6 is 0 Å². The van der Waals surface area contributed by atoms with E-state index < -0.39 is 0 Å². The second-order valence-electron chi connectivity index (χ2n) is 34.0. The Morgan fingerprint density at radius 1 is 0.311 bits per heavy atom. The number of aromatic nitrogens is 4. The van der Waals surface area contributed by atoms with Gasteiger partial charge in [-0.15, -0.1) is 130 Å². The molecule has 0 aliphatic rings. The molecular weight excluding hydrogens is 2380 g/mol. The summed E-state index contributed by atoms with van der Waals surface area (Å²) in [6, 6.07) is 117. The Bertz CT molecular complexity index is 7190. The second kappa shape index (κ2) is 52.2. The van der Waals surface area contributed by atoms with Crippen molar-refractivity contribution in [1.82, 2.24) is 19.9 Å². The van der Waals surface area contributed by atoms with Gasteiger partial charge in [-0.05, 0) is 187 Å². The van der Waals surface area contributed by atoms with E-state index in [0.29, 0.717) is 12.8 Å². The van der Waals surface area contributed by atoms with E-state index in [1.54, 1.807) is 0 Å². The molecule has 0 saturated carbocycles. The third-order valence-corrected chi connectivity index (χ3v) is 21.4. The normalized spacial score (nSPS) is 11.2. The molecule has 8 N–H and O–H groups in total. The van der Waals surface area contributed by atoms with Gasteiger partial charge >= 0.3 is 23.1 Å². The van der Waals surface area contributed by atoms with Crippen molar-refractivity contribution in [2.45, 2.75) is 122 Å². The number of aryl methyl sites for hydroxylation is 2. The van der Waals surface area contributed by atoms with Gasteiger partial charge in [-0.1, -0.05) is 270 Å². The van der Waals surface area contributed by atoms with Crippen LogP contribution in [0.15, 0.2) is 369 Å². The molecule has 0 unspecified atom stereocenters. The van der Waals surface area contributed by atoms with Crippen molar-refractivity contribution in [3.63, 3.8) is 0 Å². The van der Waals surface area contributed by atoms with Crippen LogP contribution in [0.3, 0.4) is 0 Å². The molecule has 14 aromatic carbocycles. The van der Waals surface area contributed by atoms with Gasteiger partial charge in [0.15, 0.2) is 0 Å². The largest absolute Gasteiger partial charge is 0.512 e. The minimum Gasteiger partial charge on any atom is -0.512 e. The van der Waals surface area contributed by atoms with E-state index in [2.05, 4.69) is 346 Å². The first kappa shape index (κ1) is 109. The monoisotopic (exact) mass is 2500 g/mol. The maximum atomic E-state index is 9.24. The zero-order chi connectivity index (χ0) is 93.9. The molecular formula is C119H114Ir4N4O8. The summed E-state index contributed by atoms with van der Waals surface area (Å²) in [5.41, 5.74) is 16.5. The topological polar surface area (TPSA) is 218 Å². The van der Waals surface area contributed by atoms with Crippen molar-refractivity contribution in [1.29, 1.82) is 0 Å². The molecule has 16 heteroatoms. The fourth-order valence-corrected chi connectivity index (χ4v) is 14.8. The first-order valence-corrected chi connectivity index (χ1v) is 43.8. The summed E-state index contributed by atoms with van der Waals surface area (Å²) >= 11 is 0. The summed E-state index contributed by atoms with van der Waals surface area (Å²) in [5, 5.41) is 54.1. The Labute approximate surface area is 847 Å². The van der Waals surface area contributed by atoms with E-state index in [1.807, 2.05) is 89.7 Å². The fraction of sp³-hybridized carbons (Fsp3) is 0.160. The van der Waals surface area contributed by atoms with Gasteiger partial charge in [0, 0.05) is 112 Å². The van der Waals surface area contributed by atoms with Crippen LogP contribution in [-0.4, -0.2) is 82.7 Å². The van der Waals surface area contributed by atoms with Crippen molar-refractivity contribution in [3.05, 3.63) is 410 Å². The first-order chi connectivity index (χ1) is 62.8. The average Bonchev–Trinajstić information content (AvgIpc) is 0.778. The van der Waals surface area contributed by atoms with Gasteiger partial charge in [-0.2, -0.15) is 0 Å². The third kappa shape index (κ3) is 30.6. The summed E-state index contributed by atoms with van der Waals surface area (Å²) in [4.78, 5) is 53.5. The number of ketones is 4. The number of benzene rings is 14. The second-order valence-corrected chi connectivity index (χ2v) is 34.0. The van der Waals surface area contributed by atoms with Crippen LogP contribution in [-0.2, 0) is 85.8 Å². The Balaban J connectivity index is 0.000000219. The van der Waals surface area contributed by atoms with Crippen molar-refractivity contribution >= 4 is 109 Å². The number of rotatable bonds is 12. The smallest absolute Gasteiger partial charge is 0.324 e. The molecule has 0 atom stereocenters. The molecule has 0 saturated heterocycles. The first-order valence-electron chi connectivity index (χ1n) is 43.8. The summed E-state index contributed by atoms with van der Waals surface area (Å²) in [7, 11) is 0. The van der Waals surface area contributed by atoms with Crippen molar-refractivity contribution in [2.75, 3.05) is 0 Å². The molecule has 0 fully saturated rings. The molecule has 135 heavy (non-hydrogen) atoms. The summed E-state index contributed by atoms with van der Waals surface area (Å²) in [6.45, 7) is 27.7. The summed E-state index contributed by atoms with van der Waals surface area (Å²) < 4.78 is 0. The molecule has 0 aliphatic carbocycles. The zero-order valence-electron chi connectivity index (χ0n) is 78.5. The molecule has 4 radical (unpaired) electrons. The zero-order valence-corrected chi connectivity index (χ0v) is 88.1.